The third-order valence-corrected chi connectivity index (χ3v) is 3.31. The lowest BCUT2D eigenvalue weighted by atomic mass is 10.2. The van der Waals surface area contributed by atoms with E-state index in [1.54, 1.807) is 6.20 Å². The number of para-hydroxylation sites is 1. The molecule has 3 nitrogen and oxygen atoms in total. The SMILES string of the molecule is CCCNc1ncccc1COc1ccccc1Br. The van der Waals surface area contributed by atoms with Crippen molar-refractivity contribution in [2.45, 2.75) is 20.0 Å². The molecule has 0 radical (unpaired) electrons. The third kappa shape index (κ3) is 3.96. The molecule has 0 aliphatic rings. The maximum atomic E-state index is 5.82. The van der Waals surface area contributed by atoms with E-state index >= 15 is 0 Å². The summed E-state index contributed by atoms with van der Waals surface area (Å²) >= 11 is 3.47. The molecule has 1 aromatic carbocycles. The fraction of sp³-hybridized carbons (Fsp3) is 0.267. The van der Waals surface area contributed by atoms with Crippen LogP contribution in [0.4, 0.5) is 5.82 Å². The van der Waals surface area contributed by atoms with E-state index in [0.29, 0.717) is 6.61 Å². The van der Waals surface area contributed by atoms with E-state index in [1.807, 2.05) is 36.4 Å². The van der Waals surface area contributed by atoms with Crippen LogP contribution in [0, 0.1) is 0 Å². The van der Waals surface area contributed by atoms with Gasteiger partial charge in [0.25, 0.3) is 0 Å². The van der Waals surface area contributed by atoms with E-state index in [4.69, 9.17) is 4.74 Å². The van der Waals surface area contributed by atoms with Gasteiger partial charge < -0.3 is 10.1 Å². The number of aromatic nitrogens is 1. The number of hydrogen-bond acceptors (Lipinski definition) is 3. The van der Waals surface area contributed by atoms with Gasteiger partial charge in [0.05, 0.1) is 4.47 Å². The number of nitrogens with one attached hydrogen (secondary N) is 1. The first-order valence-electron chi connectivity index (χ1n) is 6.36. The smallest absolute Gasteiger partial charge is 0.133 e. The number of benzene rings is 1. The van der Waals surface area contributed by atoms with Gasteiger partial charge in [-0.15, -0.1) is 0 Å². The van der Waals surface area contributed by atoms with Crippen molar-refractivity contribution in [3.63, 3.8) is 0 Å². The summed E-state index contributed by atoms with van der Waals surface area (Å²) in [6, 6.07) is 11.8. The third-order valence-electron chi connectivity index (χ3n) is 2.65. The molecular formula is C15H17BrN2O. The highest BCUT2D eigenvalue weighted by Crippen LogP contribution is 2.25. The van der Waals surface area contributed by atoms with Crippen LogP contribution in [0.2, 0.25) is 0 Å². The minimum Gasteiger partial charge on any atom is -0.488 e. The van der Waals surface area contributed by atoms with Crippen LogP contribution in [0.1, 0.15) is 18.9 Å². The highest BCUT2D eigenvalue weighted by atomic mass is 79.9. The van der Waals surface area contributed by atoms with E-state index in [2.05, 4.69) is 33.2 Å². The molecule has 0 unspecified atom stereocenters. The van der Waals surface area contributed by atoms with Crippen LogP contribution >= 0.6 is 15.9 Å². The van der Waals surface area contributed by atoms with E-state index < -0.39 is 0 Å². The van der Waals surface area contributed by atoms with E-state index in [0.717, 1.165) is 34.6 Å². The first-order chi connectivity index (χ1) is 9.31. The Morgan fingerprint density at radius 1 is 1.21 bits per heavy atom. The van der Waals surface area contributed by atoms with Gasteiger partial charge in [0.15, 0.2) is 0 Å². The maximum absolute atomic E-state index is 5.82. The van der Waals surface area contributed by atoms with Gasteiger partial charge in [-0.2, -0.15) is 0 Å². The zero-order valence-electron chi connectivity index (χ0n) is 10.9. The first-order valence-corrected chi connectivity index (χ1v) is 7.15. The molecule has 1 aromatic heterocycles. The van der Waals surface area contributed by atoms with E-state index in [9.17, 15) is 0 Å². The van der Waals surface area contributed by atoms with Crippen molar-refractivity contribution < 1.29 is 4.74 Å². The summed E-state index contributed by atoms with van der Waals surface area (Å²) in [4.78, 5) is 4.35. The van der Waals surface area contributed by atoms with Gasteiger partial charge in [-0.25, -0.2) is 4.98 Å². The van der Waals surface area contributed by atoms with Crippen LogP contribution in [0.5, 0.6) is 5.75 Å². The Kier molecular flexibility index (Phi) is 5.21. The molecule has 100 valence electrons. The highest BCUT2D eigenvalue weighted by Gasteiger charge is 2.05. The molecule has 1 N–H and O–H groups in total. The van der Waals surface area contributed by atoms with Crippen molar-refractivity contribution in [1.82, 2.24) is 4.98 Å². The average molecular weight is 321 g/mol. The number of halogens is 1. The number of anilines is 1. The Balaban J connectivity index is 2.05. The molecule has 0 saturated carbocycles. The predicted molar refractivity (Wildman–Crippen MR) is 81.5 cm³/mol. The fourth-order valence-corrected chi connectivity index (χ4v) is 2.07. The summed E-state index contributed by atoms with van der Waals surface area (Å²) in [7, 11) is 0. The summed E-state index contributed by atoms with van der Waals surface area (Å²) < 4.78 is 6.78. The number of ether oxygens (including phenoxy) is 1. The van der Waals surface area contributed by atoms with Crippen LogP contribution in [-0.4, -0.2) is 11.5 Å². The Bertz CT molecular complexity index is 531. The Hall–Kier alpha value is -1.55. The molecule has 0 bridgehead atoms. The molecule has 0 spiro atoms. The maximum Gasteiger partial charge on any atom is 0.133 e. The standard InChI is InChI=1S/C15H17BrN2O/c1-2-9-17-15-12(6-5-10-18-15)11-19-14-8-4-3-7-13(14)16/h3-8,10H,2,9,11H2,1H3,(H,17,18). The quantitative estimate of drug-likeness (QED) is 0.864. The molecule has 4 heteroatoms. The fourth-order valence-electron chi connectivity index (χ4n) is 1.67. The zero-order chi connectivity index (χ0) is 13.5. The summed E-state index contributed by atoms with van der Waals surface area (Å²) in [5.74, 6) is 1.74. The Morgan fingerprint density at radius 2 is 2.05 bits per heavy atom. The monoisotopic (exact) mass is 320 g/mol. The summed E-state index contributed by atoms with van der Waals surface area (Å²) in [6.07, 6.45) is 2.86. The van der Waals surface area contributed by atoms with Crippen molar-refractivity contribution in [3.05, 3.63) is 52.6 Å². The van der Waals surface area contributed by atoms with Crippen molar-refractivity contribution >= 4 is 21.7 Å². The van der Waals surface area contributed by atoms with Gasteiger partial charge in [-0.1, -0.05) is 25.1 Å². The molecule has 0 aliphatic carbocycles. The molecular weight excluding hydrogens is 304 g/mol. The predicted octanol–water partition coefficient (Wildman–Crippen LogP) is 4.25. The second kappa shape index (κ2) is 7.14. The molecule has 19 heavy (non-hydrogen) atoms. The number of pyridine rings is 1. The lowest BCUT2D eigenvalue weighted by Crippen LogP contribution is -2.07. The topological polar surface area (TPSA) is 34.2 Å². The second-order valence-corrected chi connectivity index (χ2v) is 5.01. The van der Waals surface area contributed by atoms with E-state index in [1.165, 1.54) is 0 Å². The molecule has 0 aliphatic heterocycles. The molecule has 2 aromatic rings. The van der Waals surface area contributed by atoms with Crippen molar-refractivity contribution in [2.24, 2.45) is 0 Å². The molecule has 0 saturated heterocycles. The minimum atomic E-state index is 0.502. The van der Waals surface area contributed by atoms with Crippen molar-refractivity contribution in [1.29, 1.82) is 0 Å². The number of nitrogens with zero attached hydrogens (tertiary/aromatic N) is 1. The van der Waals surface area contributed by atoms with Gasteiger partial charge >= 0.3 is 0 Å². The largest absolute Gasteiger partial charge is 0.488 e. The van der Waals surface area contributed by atoms with Gasteiger partial charge in [0.2, 0.25) is 0 Å². The normalized spacial score (nSPS) is 10.2. The van der Waals surface area contributed by atoms with Gasteiger partial charge in [0.1, 0.15) is 18.2 Å². The summed E-state index contributed by atoms with van der Waals surface area (Å²) in [6.45, 7) is 3.55. The molecule has 0 atom stereocenters. The Labute approximate surface area is 122 Å². The lowest BCUT2D eigenvalue weighted by Gasteiger charge is -2.12. The highest BCUT2D eigenvalue weighted by molar-refractivity contribution is 9.10. The second-order valence-electron chi connectivity index (χ2n) is 4.16. The molecule has 1 heterocycles. The average Bonchev–Trinajstić information content (AvgIpc) is 2.45. The van der Waals surface area contributed by atoms with Gasteiger partial charge in [0, 0.05) is 18.3 Å². The van der Waals surface area contributed by atoms with Crippen LogP contribution < -0.4 is 10.1 Å². The van der Waals surface area contributed by atoms with Crippen LogP contribution in [0.25, 0.3) is 0 Å². The number of hydrogen-bond donors (Lipinski definition) is 1. The van der Waals surface area contributed by atoms with E-state index in [-0.39, 0.29) is 0 Å². The van der Waals surface area contributed by atoms with Crippen molar-refractivity contribution in [3.8, 4) is 5.75 Å². The summed E-state index contributed by atoms with van der Waals surface area (Å²) in [5, 5.41) is 3.31. The van der Waals surface area contributed by atoms with Crippen LogP contribution in [0.15, 0.2) is 47.1 Å². The summed E-state index contributed by atoms with van der Waals surface area (Å²) in [5.41, 5.74) is 1.06. The van der Waals surface area contributed by atoms with Crippen LogP contribution in [0.3, 0.4) is 0 Å². The van der Waals surface area contributed by atoms with Gasteiger partial charge in [-0.05, 0) is 40.5 Å². The number of rotatable bonds is 6. The van der Waals surface area contributed by atoms with Crippen molar-refractivity contribution in [2.75, 3.05) is 11.9 Å². The Morgan fingerprint density at radius 3 is 2.84 bits per heavy atom. The lowest BCUT2D eigenvalue weighted by molar-refractivity contribution is 0.304. The minimum absolute atomic E-state index is 0.502. The first kappa shape index (κ1) is 13.9. The zero-order valence-corrected chi connectivity index (χ0v) is 12.5. The van der Waals surface area contributed by atoms with Gasteiger partial charge in [-0.3, -0.25) is 0 Å². The molecule has 0 fully saturated rings. The molecule has 2 rings (SSSR count). The van der Waals surface area contributed by atoms with Crippen LogP contribution in [-0.2, 0) is 6.61 Å². The molecule has 0 amide bonds.